The molecule has 152 valence electrons. The molecule has 1 saturated heterocycles. The van der Waals surface area contributed by atoms with Crippen molar-refractivity contribution in [3.63, 3.8) is 0 Å². The predicted molar refractivity (Wildman–Crippen MR) is 109 cm³/mol. The minimum atomic E-state index is -0.0690. The number of amides is 2. The number of urea groups is 1. The van der Waals surface area contributed by atoms with Gasteiger partial charge >= 0.3 is 6.03 Å². The van der Waals surface area contributed by atoms with Gasteiger partial charge in [0.15, 0.2) is 16.6 Å². The molecule has 2 amide bonds. The third-order valence-electron chi connectivity index (χ3n) is 5.68. The lowest BCUT2D eigenvalue weighted by Crippen LogP contribution is -2.40. The first kappa shape index (κ1) is 18.3. The van der Waals surface area contributed by atoms with E-state index in [1.165, 1.54) is 17.7 Å². The number of piperidine rings is 1. The lowest BCUT2D eigenvalue weighted by Gasteiger charge is -2.30. The van der Waals surface area contributed by atoms with Gasteiger partial charge in [-0.25, -0.2) is 9.78 Å². The van der Waals surface area contributed by atoms with Gasteiger partial charge < -0.3 is 9.64 Å². The number of ether oxygens (including phenoxy) is 1. The number of anilines is 1. The van der Waals surface area contributed by atoms with E-state index in [1.807, 2.05) is 11.0 Å². The average Bonchev–Trinajstić information content (AvgIpc) is 3.36. The Hall–Kier alpha value is -2.75. The van der Waals surface area contributed by atoms with Crippen molar-refractivity contribution in [2.45, 2.75) is 44.4 Å². The summed E-state index contributed by atoms with van der Waals surface area (Å²) < 4.78 is 6.96. The Labute approximate surface area is 172 Å². The van der Waals surface area contributed by atoms with Crippen LogP contribution in [0.4, 0.5) is 9.93 Å². The summed E-state index contributed by atoms with van der Waals surface area (Å²) in [6.07, 6.45) is 6.16. The number of hydrogen-bond acceptors (Lipinski definition) is 7. The number of thiazole rings is 1. The Bertz CT molecular complexity index is 1020. The van der Waals surface area contributed by atoms with E-state index in [4.69, 9.17) is 4.74 Å². The van der Waals surface area contributed by atoms with Crippen molar-refractivity contribution in [3.05, 3.63) is 28.5 Å². The highest BCUT2D eigenvalue weighted by atomic mass is 32.1. The van der Waals surface area contributed by atoms with Crippen LogP contribution in [0.2, 0.25) is 0 Å². The highest BCUT2D eigenvalue weighted by molar-refractivity contribution is 7.15. The number of hydrogen-bond donors (Lipinski definition) is 1. The molecule has 0 bridgehead atoms. The number of nitrogens with zero attached hydrogens (tertiary/aromatic N) is 6. The zero-order chi connectivity index (χ0) is 19.8. The average molecular weight is 414 g/mol. The molecule has 0 saturated carbocycles. The monoisotopic (exact) mass is 413 g/mol. The van der Waals surface area contributed by atoms with Crippen LogP contribution in [0, 0.1) is 0 Å². The number of methoxy groups -OCH3 is 1. The fraction of sp³-hybridized carbons (Fsp3) is 0.526. The molecule has 10 heteroatoms. The van der Waals surface area contributed by atoms with Gasteiger partial charge in [-0.1, -0.05) is 0 Å². The van der Waals surface area contributed by atoms with Crippen LogP contribution in [-0.2, 0) is 12.8 Å². The number of carbonyl (C=O) groups is 1. The summed E-state index contributed by atoms with van der Waals surface area (Å²) in [5.41, 5.74) is 1.87. The lowest BCUT2D eigenvalue weighted by atomic mass is 9.96. The molecular formula is C19H23N7O2S. The fourth-order valence-electron chi connectivity index (χ4n) is 4.07. The highest BCUT2D eigenvalue weighted by Gasteiger charge is 2.28. The third-order valence-corrected chi connectivity index (χ3v) is 6.75. The summed E-state index contributed by atoms with van der Waals surface area (Å²) in [7, 11) is 1.59. The second-order valence-electron chi connectivity index (χ2n) is 7.49. The summed E-state index contributed by atoms with van der Waals surface area (Å²) in [5.74, 6) is 1.56. The van der Waals surface area contributed by atoms with Gasteiger partial charge in [-0.15, -0.1) is 26.6 Å². The largest absolute Gasteiger partial charge is 0.480 e. The Balaban J connectivity index is 1.23. The van der Waals surface area contributed by atoms with E-state index in [0.717, 1.165) is 42.3 Å². The minimum Gasteiger partial charge on any atom is -0.480 e. The second-order valence-corrected chi connectivity index (χ2v) is 8.57. The van der Waals surface area contributed by atoms with Crippen molar-refractivity contribution in [1.82, 2.24) is 29.7 Å². The van der Waals surface area contributed by atoms with E-state index in [-0.39, 0.29) is 11.9 Å². The number of rotatable bonds is 3. The Morgan fingerprint density at radius 3 is 2.83 bits per heavy atom. The molecule has 1 fully saturated rings. The van der Waals surface area contributed by atoms with Crippen molar-refractivity contribution in [2.75, 3.05) is 25.5 Å². The number of fused-ring (bicyclic) bond motifs is 2. The molecular weight excluding hydrogens is 390 g/mol. The Morgan fingerprint density at radius 2 is 2.03 bits per heavy atom. The molecule has 0 unspecified atom stereocenters. The maximum Gasteiger partial charge on any atom is 0.323 e. The van der Waals surface area contributed by atoms with Crippen LogP contribution in [0.3, 0.4) is 0 Å². The first-order valence-electron chi connectivity index (χ1n) is 10.0. The van der Waals surface area contributed by atoms with Gasteiger partial charge in [0.25, 0.3) is 0 Å². The molecule has 0 radical (unpaired) electrons. The molecule has 9 nitrogen and oxygen atoms in total. The van der Waals surface area contributed by atoms with E-state index < -0.39 is 0 Å². The minimum absolute atomic E-state index is 0.0690. The number of aryl methyl sites for hydroxylation is 2. The van der Waals surface area contributed by atoms with E-state index in [2.05, 4.69) is 25.6 Å². The van der Waals surface area contributed by atoms with Crippen molar-refractivity contribution in [2.24, 2.45) is 0 Å². The van der Waals surface area contributed by atoms with Crippen molar-refractivity contribution < 1.29 is 9.53 Å². The molecule has 1 aliphatic carbocycles. The van der Waals surface area contributed by atoms with Gasteiger partial charge in [-0.2, -0.15) is 4.52 Å². The van der Waals surface area contributed by atoms with Crippen molar-refractivity contribution >= 4 is 28.1 Å². The quantitative estimate of drug-likeness (QED) is 0.709. The van der Waals surface area contributed by atoms with Crippen LogP contribution >= 0.6 is 11.3 Å². The Kier molecular flexibility index (Phi) is 4.78. The summed E-state index contributed by atoms with van der Waals surface area (Å²) in [4.78, 5) is 20.5. The van der Waals surface area contributed by atoms with Crippen LogP contribution in [0.1, 0.15) is 48.0 Å². The van der Waals surface area contributed by atoms with Gasteiger partial charge in [0, 0.05) is 30.0 Å². The SMILES string of the molecule is COc1ccc2nnc(C3CCN(C(=O)Nc4nc5c(s4)CCCC5)CC3)n2n1. The van der Waals surface area contributed by atoms with E-state index in [0.29, 0.717) is 24.6 Å². The summed E-state index contributed by atoms with van der Waals surface area (Å²) in [6.45, 7) is 1.33. The molecule has 2 aliphatic rings. The molecule has 1 N–H and O–H groups in total. The third kappa shape index (κ3) is 3.52. The number of likely N-dealkylation sites (tertiary alicyclic amines) is 1. The molecule has 0 spiro atoms. The summed E-state index contributed by atoms with van der Waals surface area (Å²) >= 11 is 1.62. The van der Waals surface area contributed by atoms with Gasteiger partial charge in [-0.3, -0.25) is 5.32 Å². The van der Waals surface area contributed by atoms with Gasteiger partial charge in [0.2, 0.25) is 5.88 Å². The number of nitrogens with one attached hydrogen (secondary N) is 1. The molecule has 3 aromatic heterocycles. The topological polar surface area (TPSA) is 97.5 Å². The summed E-state index contributed by atoms with van der Waals surface area (Å²) in [6, 6.07) is 3.55. The van der Waals surface area contributed by atoms with Crippen molar-refractivity contribution in [3.8, 4) is 5.88 Å². The van der Waals surface area contributed by atoms with Gasteiger partial charge in [0.05, 0.1) is 12.8 Å². The molecule has 5 rings (SSSR count). The van der Waals surface area contributed by atoms with Crippen LogP contribution in [-0.4, -0.2) is 55.9 Å². The molecule has 1 aliphatic heterocycles. The van der Waals surface area contributed by atoms with E-state index >= 15 is 0 Å². The van der Waals surface area contributed by atoms with Crippen LogP contribution in [0.5, 0.6) is 5.88 Å². The highest BCUT2D eigenvalue weighted by Crippen LogP contribution is 2.31. The molecule has 3 aromatic rings. The maximum absolute atomic E-state index is 12.7. The second kappa shape index (κ2) is 7.58. The smallest absolute Gasteiger partial charge is 0.323 e. The van der Waals surface area contributed by atoms with Crippen LogP contribution in [0.15, 0.2) is 12.1 Å². The zero-order valence-corrected chi connectivity index (χ0v) is 17.1. The predicted octanol–water partition coefficient (Wildman–Crippen LogP) is 2.88. The fourth-order valence-corrected chi connectivity index (χ4v) is 5.11. The first-order valence-corrected chi connectivity index (χ1v) is 10.8. The number of aromatic nitrogens is 5. The summed E-state index contributed by atoms with van der Waals surface area (Å²) in [5, 5.41) is 16.7. The molecule has 0 atom stereocenters. The van der Waals surface area contributed by atoms with Crippen LogP contribution < -0.4 is 10.1 Å². The lowest BCUT2D eigenvalue weighted by molar-refractivity contribution is 0.193. The number of carbonyl (C=O) groups excluding carboxylic acids is 1. The van der Waals surface area contributed by atoms with Crippen LogP contribution in [0.25, 0.3) is 5.65 Å². The normalized spacial score (nSPS) is 17.3. The van der Waals surface area contributed by atoms with E-state index in [1.54, 1.807) is 29.0 Å². The van der Waals surface area contributed by atoms with Crippen molar-refractivity contribution in [1.29, 1.82) is 0 Å². The van der Waals surface area contributed by atoms with Gasteiger partial charge in [0.1, 0.15) is 0 Å². The Morgan fingerprint density at radius 1 is 1.21 bits per heavy atom. The van der Waals surface area contributed by atoms with E-state index in [9.17, 15) is 4.79 Å². The molecule has 0 aromatic carbocycles. The molecule has 29 heavy (non-hydrogen) atoms. The van der Waals surface area contributed by atoms with Gasteiger partial charge in [-0.05, 0) is 44.6 Å². The zero-order valence-electron chi connectivity index (χ0n) is 16.3. The first-order chi connectivity index (χ1) is 14.2. The standard InChI is InChI=1S/C19H23N7O2S/c1-28-16-7-6-15-22-23-17(26(15)24-16)12-8-10-25(11-9-12)19(27)21-18-20-13-4-2-3-5-14(13)29-18/h6-7,12H,2-5,8-11H2,1H3,(H,20,21,27). The molecule has 4 heterocycles. The maximum atomic E-state index is 12.7.